The van der Waals surface area contributed by atoms with Crippen molar-refractivity contribution in [1.82, 2.24) is 5.32 Å². The molecule has 8 heteroatoms. The normalized spacial score (nSPS) is 15.8. The summed E-state index contributed by atoms with van der Waals surface area (Å²) in [5.74, 6) is -1.79. The molecule has 0 saturated carbocycles. The number of rotatable bonds is 6. The van der Waals surface area contributed by atoms with Crippen molar-refractivity contribution in [2.24, 2.45) is 10.7 Å². The molecule has 3 N–H and O–H groups in total. The standard InChI is InChI=1S/C17H20N4O3S/c1-3-21(4-2)12-7-5-11(6-8-12)9-13-15(23)19-17(20-16(13)24)25-10-14(18)22/h5-9H,3-4,10H2,1-2H3,(H2,18,22)(H,19,20,23,24). The number of amides is 3. The van der Waals surface area contributed by atoms with E-state index in [0.29, 0.717) is 0 Å². The van der Waals surface area contributed by atoms with Gasteiger partial charge in [-0.2, -0.15) is 4.99 Å². The summed E-state index contributed by atoms with van der Waals surface area (Å²) in [4.78, 5) is 40.9. The van der Waals surface area contributed by atoms with Crippen LogP contribution in [0.2, 0.25) is 0 Å². The van der Waals surface area contributed by atoms with Crippen molar-refractivity contribution in [2.45, 2.75) is 13.8 Å². The monoisotopic (exact) mass is 360 g/mol. The molecule has 7 nitrogen and oxygen atoms in total. The Morgan fingerprint density at radius 1 is 1.24 bits per heavy atom. The van der Waals surface area contributed by atoms with Gasteiger partial charge in [0.2, 0.25) is 5.91 Å². The summed E-state index contributed by atoms with van der Waals surface area (Å²) in [5, 5.41) is 2.58. The molecule has 0 saturated heterocycles. The minimum Gasteiger partial charge on any atom is -0.372 e. The first-order chi connectivity index (χ1) is 11.9. The zero-order chi connectivity index (χ0) is 18.4. The van der Waals surface area contributed by atoms with E-state index in [9.17, 15) is 14.4 Å². The molecule has 0 spiro atoms. The maximum Gasteiger partial charge on any atom is 0.285 e. The van der Waals surface area contributed by atoms with Gasteiger partial charge in [-0.15, -0.1) is 0 Å². The second-order valence-corrected chi connectivity index (χ2v) is 6.22. The molecule has 132 valence electrons. The number of hydrogen-bond donors (Lipinski definition) is 2. The second kappa shape index (κ2) is 8.48. The molecule has 0 unspecified atom stereocenters. The predicted octanol–water partition coefficient (Wildman–Crippen LogP) is 1.15. The van der Waals surface area contributed by atoms with E-state index in [1.807, 2.05) is 24.3 Å². The Hall–Kier alpha value is -2.61. The Bertz CT molecular complexity index is 737. The molecule has 25 heavy (non-hydrogen) atoms. The number of nitrogens with one attached hydrogen (secondary N) is 1. The molecule has 3 amide bonds. The molecule has 0 atom stereocenters. The molecule has 0 aromatic heterocycles. The quantitative estimate of drug-likeness (QED) is 0.585. The zero-order valence-electron chi connectivity index (χ0n) is 14.1. The molecule has 2 rings (SSSR count). The van der Waals surface area contributed by atoms with Crippen LogP contribution in [0.25, 0.3) is 6.08 Å². The van der Waals surface area contributed by atoms with Gasteiger partial charge >= 0.3 is 0 Å². The number of aliphatic imine (C=N–C) groups is 1. The van der Waals surface area contributed by atoms with Crippen LogP contribution in [0, 0.1) is 0 Å². The van der Waals surface area contributed by atoms with Crippen molar-refractivity contribution < 1.29 is 14.4 Å². The number of carbonyl (C=O) groups excluding carboxylic acids is 3. The average Bonchev–Trinajstić information content (AvgIpc) is 2.58. The minimum absolute atomic E-state index is 0.0426. The highest BCUT2D eigenvalue weighted by molar-refractivity contribution is 8.14. The number of carbonyl (C=O) groups is 3. The maximum atomic E-state index is 12.1. The lowest BCUT2D eigenvalue weighted by molar-refractivity contribution is -0.122. The number of primary amides is 1. The topological polar surface area (TPSA) is 105 Å². The fraction of sp³-hybridized carbons (Fsp3) is 0.294. The highest BCUT2D eigenvalue weighted by Crippen LogP contribution is 2.18. The summed E-state index contributed by atoms with van der Waals surface area (Å²) >= 11 is 0.921. The van der Waals surface area contributed by atoms with Gasteiger partial charge in [-0.3, -0.25) is 14.4 Å². The third-order valence-corrected chi connectivity index (χ3v) is 4.48. The van der Waals surface area contributed by atoms with E-state index in [1.165, 1.54) is 6.08 Å². The van der Waals surface area contributed by atoms with Crippen LogP contribution in [0.4, 0.5) is 5.69 Å². The second-order valence-electron chi connectivity index (χ2n) is 5.25. The summed E-state index contributed by atoms with van der Waals surface area (Å²) < 4.78 is 0. The zero-order valence-corrected chi connectivity index (χ0v) is 14.9. The number of thioether (sulfide) groups is 1. The molecule has 1 aliphatic heterocycles. The Labute approximate surface area is 150 Å². The van der Waals surface area contributed by atoms with Crippen LogP contribution in [0.5, 0.6) is 0 Å². The van der Waals surface area contributed by atoms with Crippen LogP contribution in [-0.2, 0) is 14.4 Å². The molecule has 1 aromatic rings. The molecule has 0 bridgehead atoms. The van der Waals surface area contributed by atoms with Gasteiger partial charge in [0.15, 0.2) is 5.17 Å². The lowest BCUT2D eigenvalue weighted by Gasteiger charge is -2.21. The van der Waals surface area contributed by atoms with Crippen molar-refractivity contribution in [2.75, 3.05) is 23.7 Å². The van der Waals surface area contributed by atoms with Crippen LogP contribution < -0.4 is 16.0 Å². The lowest BCUT2D eigenvalue weighted by Crippen LogP contribution is -2.37. The molecule has 1 heterocycles. The van der Waals surface area contributed by atoms with Gasteiger partial charge in [0.25, 0.3) is 11.8 Å². The van der Waals surface area contributed by atoms with Crippen molar-refractivity contribution in [3.05, 3.63) is 35.4 Å². The van der Waals surface area contributed by atoms with E-state index in [-0.39, 0.29) is 16.5 Å². The minimum atomic E-state index is -0.636. The SMILES string of the molecule is CCN(CC)c1ccc(C=C2C(=O)N=C(SCC(N)=O)NC2=O)cc1. The summed E-state index contributed by atoms with van der Waals surface area (Å²) in [5.41, 5.74) is 6.80. The van der Waals surface area contributed by atoms with Gasteiger partial charge in [0, 0.05) is 18.8 Å². The third-order valence-electron chi connectivity index (χ3n) is 3.58. The molecule has 0 aliphatic carbocycles. The van der Waals surface area contributed by atoms with Crippen molar-refractivity contribution in [3.63, 3.8) is 0 Å². The molecular formula is C17H20N4O3S. The summed E-state index contributed by atoms with van der Waals surface area (Å²) in [7, 11) is 0. The molecule has 1 aliphatic rings. The average molecular weight is 360 g/mol. The predicted molar refractivity (Wildman–Crippen MR) is 100 cm³/mol. The Kier molecular flexibility index (Phi) is 6.35. The van der Waals surface area contributed by atoms with E-state index in [1.54, 1.807) is 0 Å². The van der Waals surface area contributed by atoms with Crippen LogP contribution >= 0.6 is 11.8 Å². The van der Waals surface area contributed by atoms with E-state index >= 15 is 0 Å². The third kappa shape index (κ3) is 4.93. The van der Waals surface area contributed by atoms with Gasteiger partial charge in [0.05, 0.1) is 5.75 Å². The van der Waals surface area contributed by atoms with E-state index in [4.69, 9.17) is 5.73 Å². The summed E-state index contributed by atoms with van der Waals surface area (Å²) in [6, 6.07) is 7.59. The molecule has 0 fully saturated rings. The number of hydrogen-bond acceptors (Lipinski definition) is 5. The van der Waals surface area contributed by atoms with Crippen LogP contribution in [0.1, 0.15) is 19.4 Å². The van der Waals surface area contributed by atoms with Crippen molar-refractivity contribution in [1.29, 1.82) is 0 Å². The van der Waals surface area contributed by atoms with E-state index < -0.39 is 17.7 Å². The fourth-order valence-electron chi connectivity index (χ4n) is 2.31. The molecular weight excluding hydrogens is 340 g/mol. The molecule has 0 radical (unpaired) electrons. The van der Waals surface area contributed by atoms with Gasteiger partial charge < -0.3 is 16.0 Å². The van der Waals surface area contributed by atoms with Crippen LogP contribution in [0.3, 0.4) is 0 Å². The lowest BCUT2D eigenvalue weighted by atomic mass is 10.1. The number of amidine groups is 1. The Morgan fingerprint density at radius 3 is 2.40 bits per heavy atom. The first-order valence-corrected chi connectivity index (χ1v) is 8.85. The largest absolute Gasteiger partial charge is 0.372 e. The maximum absolute atomic E-state index is 12.1. The van der Waals surface area contributed by atoms with Crippen LogP contribution in [-0.4, -0.2) is 41.7 Å². The molecule has 1 aromatic carbocycles. The first-order valence-electron chi connectivity index (χ1n) is 7.86. The first kappa shape index (κ1) is 18.7. The Balaban J connectivity index is 2.16. The van der Waals surface area contributed by atoms with Gasteiger partial charge in [-0.25, -0.2) is 0 Å². The fourth-order valence-corrected chi connectivity index (χ4v) is 2.91. The summed E-state index contributed by atoms with van der Waals surface area (Å²) in [6.07, 6.45) is 1.50. The van der Waals surface area contributed by atoms with Gasteiger partial charge in [-0.05, 0) is 37.6 Å². The van der Waals surface area contributed by atoms with Gasteiger partial charge in [-0.1, -0.05) is 23.9 Å². The van der Waals surface area contributed by atoms with Crippen molar-refractivity contribution in [3.8, 4) is 0 Å². The van der Waals surface area contributed by atoms with Crippen molar-refractivity contribution >= 4 is 46.4 Å². The smallest absolute Gasteiger partial charge is 0.285 e. The van der Waals surface area contributed by atoms with Crippen LogP contribution in [0.15, 0.2) is 34.8 Å². The number of anilines is 1. The summed E-state index contributed by atoms with van der Waals surface area (Å²) in [6.45, 7) is 5.96. The van der Waals surface area contributed by atoms with E-state index in [2.05, 4.69) is 29.1 Å². The highest BCUT2D eigenvalue weighted by Gasteiger charge is 2.25. The Morgan fingerprint density at radius 2 is 1.88 bits per heavy atom. The highest BCUT2D eigenvalue weighted by atomic mass is 32.2. The van der Waals surface area contributed by atoms with Gasteiger partial charge in [0.1, 0.15) is 5.57 Å². The number of nitrogens with two attached hydrogens (primary N) is 1. The van der Waals surface area contributed by atoms with E-state index in [0.717, 1.165) is 36.1 Å². The number of nitrogens with zero attached hydrogens (tertiary/aromatic N) is 2. The number of benzene rings is 1.